The second-order valence-electron chi connectivity index (χ2n) is 2.29. The van der Waals surface area contributed by atoms with Crippen molar-refractivity contribution in [3.63, 3.8) is 0 Å². The van der Waals surface area contributed by atoms with E-state index in [-0.39, 0.29) is 13.2 Å². The molecule has 0 saturated carbocycles. The van der Waals surface area contributed by atoms with Crippen LogP contribution < -0.4 is 0 Å². The molecule has 0 aromatic carbocycles. The molecule has 0 fully saturated rings. The minimum absolute atomic E-state index is 0.0240. The van der Waals surface area contributed by atoms with Crippen LogP contribution in [0.4, 0.5) is 0 Å². The minimum Gasteiger partial charge on any atom is -0.396 e. The number of aliphatic hydroxyl groups is 3. The molecule has 0 aliphatic heterocycles. The summed E-state index contributed by atoms with van der Waals surface area (Å²) in [7, 11) is 0. The first-order valence-electron chi connectivity index (χ1n) is 3.26. The quantitative estimate of drug-likeness (QED) is 0.465. The molecule has 0 rings (SSSR count). The molecule has 0 aromatic heterocycles. The largest absolute Gasteiger partial charge is 0.396 e. The summed E-state index contributed by atoms with van der Waals surface area (Å²) >= 11 is 0. The first kappa shape index (κ1) is 9.62. The lowest BCUT2D eigenvalue weighted by molar-refractivity contribution is 0.0157. The van der Waals surface area contributed by atoms with Gasteiger partial charge in [0.05, 0.1) is 6.61 Å². The Morgan fingerprint density at radius 1 is 1.40 bits per heavy atom. The molecule has 0 heterocycles. The van der Waals surface area contributed by atoms with Crippen molar-refractivity contribution < 1.29 is 15.3 Å². The summed E-state index contributed by atoms with van der Waals surface area (Å²) in [6.07, 6.45) is 2.12. The van der Waals surface area contributed by atoms with Gasteiger partial charge in [0.2, 0.25) is 0 Å². The Balaban J connectivity index is 3.68. The van der Waals surface area contributed by atoms with Crippen LogP contribution in [0.25, 0.3) is 0 Å². The van der Waals surface area contributed by atoms with E-state index in [1.54, 1.807) is 0 Å². The van der Waals surface area contributed by atoms with Gasteiger partial charge in [-0.05, 0) is 12.8 Å². The molecular weight excluding hydrogens is 132 g/mol. The maximum atomic E-state index is 9.28. The molecule has 1 unspecified atom stereocenters. The summed E-state index contributed by atoms with van der Waals surface area (Å²) in [5, 5.41) is 26.3. The highest BCUT2D eigenvalue weighted by Crippen LogP contribution is 2.12. The van der Waals surface area contributed by atoms with E-state index in [0.29, 0.717) is 12.8 Å². The number of hydrogen-bond acceptors (Lipinski definition) is 3. The molecule has 60 valence electrons. The maximum absolute atomic E-state index is 9.28. The van der Waals surface area contributed by atoms with Crippen LogP contribution >= 0.6 is 0 Å². The average molecular weight is 146 g/mol. The number of hydrogen-bond donors (Lipinski definition) is 3. The average Bonchev–Trinajstić information content (AvgIpc) is 2.00. The molecule has 10 heavy (non-hydrogen) atoms. The monoisotopic (exact) mass is 146 g/mol. The zero-order valence-electron chi connectivity index (χ0n) is 5.95. The highest BCUT2D eigenvalue weighted by Gasteiger charge is 2.19. The Kier molecular flexibility index (Phi) is 4.27. The third kappa shape index (κ3) is 2.96. The Labute approximate surface area is 60.6 Å². The Morgan fingerprint density at radius 2 is 2.00 bits per heavy atom. The van der Waals surface area contributed by atoms with Crippen molar-refractivity contribution in [3.05, 3.63) is 12.7 Å². The van der Waals surface area contributed by atoms with Gasteiger partial charge in [0.25, 0.3) is 0 Å². The lowest BCUT2D eigenvalue weighted by Crippen LogP contribution is -2.30. The summed E-state index contributed by atoms with van der Waals surface area (Å²) in [4.78, 5) is 0. The second-order valence-corrected chi connectivity index (χ2v) is 2.29. The maximum Gasteiger partial charge on any atom is 0.106 e. The highest BCUT2D eigenvalue weighted by atomic mass is 16.3. The van der Waals surface area contributed by atoms with E-state index in [9.17, 15) is 5.11 Å². The van der Waals surface area contributed by atoms with Gasteiger partial charge in [-0.1, -0.05) is 6.08 Å². The zero-order chi connectivity index (χ0) is 8.04. The van der Waals surface area contributed by atoms with Gasteiger partial charge in [-0.3, -0.25) is 0 Å². The lowest BCUT2D eigenvalue weighted by atomic mass is 9.99. The normalized spacial score (nSPS) is 16.3. The van der Waals surface area contributed by atoms with Gasteiger partial charge in [0.1, 0.15) is 5.60 Å². The van der Waals surface area contributed by atoms with Crippen LogP contribution in [0.5, 0.6) is 0 Å². The van der Waals surface area contributed by atoms with Gasteiger partial charge in [0, 0.05) is 6.61 Å². The van der Waals surface area contributed by atoms with Crippen LogP contribution in [0.1, 0.15) is 12.8 Å². The highest BCUT2D eigenvalue weighted by molar-refractivity contribution is 4.94. The van der Waals surface area contributed by atoms with E-state index < -0.39 is 5.60 Å². The first-order valence-corrected chi connectivity index (χ1v) is 3.26. The van der Waals surface area contributed by atoms with E-state index in [4.69, 9.17) is 10.2 Å². The van der Waals surface area contributed by atoms with E-state index >= 15 is 0 Å². The van der Waals surface area contributed by atoms with Gasteiger partial charge < -0.3 is 15.3 Å². The smallest absolute Gasteiger partial charge is 0.106 e. The van der Waals surface area contributed by atoms with Crippen molar-refractivity contribution in [2.45, 2.75) is 18.4 Å². The van der Waals surface area contributed by atoms with Crippen LogP contribution in [0.2, 0.25) is 0 Å². The first-order chi connectivity index (χ1) is 4.68. The molecule has 3 N–H and O–H groups in total. The van der Waals surface area contributed by atoms with Crippen molar-refractivity contribution in [2.75, 3.05) is 13.2 Å². The van der Waals surface area contributed by atoms with Crippen LogP contribution in [0.3, 0.4) is 0 Å². The molecule has 0 bridgehead atoms. The van der Waals surface area contributed by atoms with E-state index in [1.807, 2.05) is 0 Å². The van der Waals surface area contributed by atoms with E-state index in [1.165, 1.54) is 6.08 Å². The predicted octanol–water partition coefficient (Wildman–Crippen LogP) is -0.332. The van der Waals surface area contributed by atoms with Crippen molar-refractivity contribution in [3.8, 4) is 0 Å². The summed E-state index contributed by atoms with van der Waals surface area (Å²) in [6.45, 7) is 3.05. The molecule has 0 aliphatic carbocycles. The Morgan fingerprint density at radius 3 is 2.30 bits per heavy atom. The summed E-state index contributed by atoms with van der Waals surface area (Å²) in [6, 6.07) is 0. The van der Waals surface area contributed by atoms with Crippen LogP contribution in [0.15, 0.2) is 12.7 Å². The van der Waals surface area contributed by atoms with Gasteiger partial charge in [-0.2, -0.15) is 0 Å². The van der Waals surface area contributed by atoms with Gasteiger partial charge in [-0.25, -0.2) is 0 Å². The van der Waals surface area contributed by atoms with E-state index in [0.717, 1.165) is 0 Å². The van der Waals surface area contributed by atoms with Crippen LogP contribution in [0, 0.1) is 0 Å². The topological polar surface area (TPSA) is 60.7 Å². The molecule has 0 saturated heterocycles. The molecule has 0 spiro atoms. The second kappa shape index (κ2) is 4.44. The molecule has 0 aliphatic rings. The number of aliphatic hydroxyl groups excluding tert-OH is 2. The fraction of sp³-hybridized carbons (Fsp3) is 0.714. The molecular formula is C7H14O3. The fourth-order valence-corrected chi connectivity index (χ4v) is 0.631. The molecule has 0 radical (unpaired) electrons. The minimum atomic E-state index is -1.21. The Bertz CT molecular complexity index is 103. The van der Waals surface area contributed by atoms with E-state index in [2.05, 4.69) is 6.58 Å². The molecule has 1 atom stereocenters. The standard InChI is InChI=1S/C7H14O3/c1-2-7(10,6-9)4-3-5-8/h2,8-10H,1,3-6H2. The van der Waals surface area contributed by atoms with Gasteiger partial charge in [0.15, 0.2) is 0 Å². The van der Waals surface area contributed by atoms with Crippen molar-refractivity contribution in [1.29, 1.82) is 0 Å². The summed E-state index contributed by atoms with van der Waals surface area (Å²) < 4.78 is 0. The summed E-state index contributed by atoms with van der Waals surface area (Å²) in [5.74, 6) is 0. The Hall–Kier alpha value is -0.380. The fourth-order valence-electron chi connectivity index (χ4n) is 0.631. The molecule has 3 nitrogen and oxygen atoms in total. The van der Waals surface area contributed by atoms with Crippen molar-refractivity contribution in [1.82, 2.24) is 0 Å². The van der Waals surface area contributed by atoms with Gasteiger partial charge in [-0.15, -0.1) is 6.58 Å². The lowest BCUT2D eigenvalue weighted by Gasteiger charge is -2.20. The zero-order valence-corrected chi connectivity index (χ0v) is 5.95. The predicted molar refractivity (Wildman–Crippen MR) is 38.6 cm³/mol. The third-order valence-corrected chi connectivity index (χ3v) is 1.42. The molecule has 0 amide bonds. The molecule has 0 aromatic rings. The van der Waals surface area contributed by atoms with Gasteiger partial charge >= 0.3 is 0 Å². The number of rotatable bonds is 5. The third-order valence-electron chi connectivity index (χ3n) is 1.42. The SMILES string of the molecule is C=CC(O)(CO)CCCO. The van der Waals surface area contributed by atoms with Crippen molar-refractivity contribution in [2.24, 2.45) is 0 Å². The van der Waals surface area contributed by atoms with Crippen LogP contribution in [-0.4, -0.2) is 34.1 Å². The van der Waals surface area contributed by atoms with Crippen molar-refractivity contribution >= 4 is 0 Å². The van der Waals surface area contributed by atoms with Crippen LogP contribution in [-0.2, 0) is 0 Å². The molecule has 3 heteroatoms. The summed E-state index contributed by atoms with van der Waals surface area (Å²) in [5.41, 5.74) is -1.21.